The number of aromatic nitrogens is 2. The number of imidazole rings is 1. The van der Waals surface area contributed by atoms with Gasteiger partial charge in [0.2, 0.25) is 5.91 Å². The van der Waals surface area contributed by atoms with Gasteiger partial charge in [-0.05, 0) is 6.07 Å². The van der Waals surface area contributed by atoms with E-state index in [9.17, 15) is 9.18 Å². The maximum Gasteiger partial charge on any atom is 0.220 e. The molecule has 0 spiro atoms. The molecule has 1 aromatic carbocycles. The molecule has 1 unspecified atom stereocenters. The lowest BCUT2D eigenvalue weighted by molar-refractivity contribution is -0.121. The van der Waals surface area contributed by atoms with Crippen LogP contribution in [-0.4, -0.2) is 15.5 Å². The summed E-state index contributed by atoms with van der Waals surface area (Å²) in [5, 5.41) is 2.80. The lowest BCUT2D eigenvalue weighted by atomic mass is 10.1. The summed E-state index contributed by atoms with van der Waals surface area (Å²) >= 11 is 0. The van der Waals surface area contributed by atoms with Crippen LogP contribution < -0.4 is 5.32 Å². The summed E-state index contributed by atoms with van der Waals surface area (Å²) in [6.45, 7) is 1.76. The molecule has 2 aromatic rings. The van der Waals surface area contributed by atoms with Crippen molar-refractivity contribution in [2.24, 2.45) is 7.05 Å². The molecule has 0 radical (unpaired) electrons. The predicted molar refractivity (Wildman–Crippen MR) is 69.9 cm³/mol. The van der Waals surface area contributed by atoms with Crippen molar-refractivity contribution in [2.45, 2.75) is 19.4 Å². The topological polar surface area (TPSA) is 46.9 Å². The summed E-state index contributed by atoms with van der Waals surface area (Å²) in [6.07, 6.45) is 3.73. The molecule has 19 heavy (non-hydrogen) atoms. The number of hydrogen-bond acceptors (Lipinski definition) is 2. The molecule has 5 heteroatoms. The van der Waals surface area contributed by atoms with Crippen molar-refractivity contribution in [3.05, 3.63) is 53.9 Å². The standard InChI is InChI=1S/C14H16FN3O/c1-3-12(19)17-13(14-16-8-9-18(14)2)10-6-4-5-7-11(10)15/h4-9,13H,3H2,1-2H3,(H,17,19). The lowest BCUT2D eigenvalue weighted by Crippen LogP contribution is -2.31. The minimum absolute atomic E-state index is 0.142. The minimum atomic E-state index is -0.575. The minimum Gasteiger partial charge on any atom is -0.342 e. The molecule has 0 aliphatic heterocycles. The lowest BCUT2D eigenvalue weighted by Gasteiger charge is -2.19. The Bertz CT molecular complexity index is 580. The molecule has 0 aliphatic rings. The summed E-state index contributed by atoms with van der Waals surface area (Å²) in [7, 11) is 1.81. The second-order valence-electron chi connectivity index (χ2n) is 4.27. The van der Waals surface area contributed by atoms with Gasteiger partial charge in [0, 0.05) is 31.4 Å². The van der Waals surface area contributed by atoms with Crippen LogP contribution in [0.3, 0.4) is 0 Å². The van der Waals surface area contributed by atoms with Gasteiger partial charge < -0.3 is 9.88 Å². The smallest absolute Gasteiger partial charge is 0.220 e. The van der Waals surface area contributed by atoms with Gasteiger partial charge >= 0.3 is 0 Å². The van der Waals surface area contributed by atoms with E-state index in [-0.39, 0.29) is 11.7 Å². The molecule has 0 bridgehead atoms. The number of halogens is 1. The van der Waals surface area contributed by atoms with E-state index >= 15 is 0 Å². The first-order valence-corrected chi connectivity index (χ1v) is 6.14. The number of amides is 1. The molecule has 1 atom stereocenters. The molecular weight excluding hydrogens is 245 g/mol. The highest BCUT2D eigenvalue weighted by molar-refractivity contribution is 5.76. The molecule has 1 aromatic heterocycles. The molecule has 1 amide bonds. The Balaban J connectivity index is 2.43. The first kappa shape index (κ1) is 13.3. The highest BCUT2D eigenvalue weighted by atomic mass is 19.1. The second-order valence-corrected chi connectivity index (χ2v) is 4.27. The van der Waals surface area contributed by atoms with Crippen LogP contribution in [0.2, 0.25) is 0 Å². The molecule has 1 heterocycles. The number of aryl methyl sites for hydroxylation is 1. The normalized spacial score (nSPS) is 12.2. The van der Waals surface area contributed by atoms with Crippen molar-refractivity contribution in [2.75, 3.05) is 0 Å². The number of carbonyl (C=O) groups excluding carboxylic acids is 1. The fraction of sp³-hybridized carbons (Fsp3) is 0.286. The van der Waals surface area contributed by atoms with Crippen molar-refractivity contribution >= 4 is 5.91 Å². The van der Waals surface area contributed by atoms with E-state index in [0.29, 0.717) is 17.8 Å². The average Bonchev–Trinajstić information content (AvgIpc) is 2.83. The van der Waals surface area contributed by atoms with E-state index in [1.807, 2.05) is 7.05 Å². The third kappa shape index (κ3) is 2.81. The summed E-state index contributed by atoms with van der Waals surface area (Å²) in [6, 6.07) is 5.82. The van der Waals surface area contributed by atoms with Crippen molar-refractivity contribution in [3.8, 4) is 0 Å². The van der Waals surface area contributed by atoms with Crippen LogP contribution in [0.25, 0.3) is 0 Å². The fourth-order valence-electron chi connectivity index (χ4n) is 1.91. The van der Waals surface area contributed by atoms with E-state index in [0.717, 1.165) is 0 Å². The van der Waals surface area contributed by atoms with Gasteiger partial charge in [-0.1, -0.05) is 25.1 Å². The number of hydrogen-bond donors (Lipinski definition) is 1. The van der Waals surface area contributed by atoms with Gasteiger partial charge in [0.1, 0.15) is 17.7 Å². The highest BCUT2D eigenvalue weighted by Crippen LogP contribution is 2.23. The molecule has 4 nitrogen and oxygen atoms in total. The van der Waals surface area contributed by atoms with Crippen LogP contribution in [-0.2, 0) is 11.8 Å². The first-order chi connectivity index (χ1) is 9.13. The average molecular weight is 261 g/mol. The highest BCUT2D eigenvalue weighted by Gasteiger charge is 2.22. The zero-order valence-electron chi connectivity index (χ0n) is 10.9. The van der Waals surface area contributed by atoms with E-state index < -0.39 is 6.04 Å². The zero-order valence-corrected chi connectivity index (χ0v) is 10.9. The second kappa shape index (κ2) is 5.65. The van der Waals surface area contributed by atoms with Crippen LogP contribution in [0.5, 0.6) is 0 Å². The maximum atomic E-state index is 13.9. The molecule has 1 N–H and O–H groups in total. The van der Waals surface area contributed by atoms with Gasteiger partial charge in [-0.2, -0.15) is 0 Å². The van der Waals surface area contributed by atoms with E-state index in [4.69, 9.17) is 0 Å². The monoisotopic (exact) mass is 261 g/mol. The molecule has 100 valence electrons. The third-order valence-corrected chi connectivity index (χ3v) is 2.96. The Morgan fingerprint density at radius 3 is 2.79 bits per heavy atom. The molecular formula is C14H16FN3O. The quantitative estimate of drug-likeness (QED) is 0.917. The van der Waals surface area contributed by atoms with E-state index in [1.165, 1.54) is 6.07 Å². The van der Waals surface area contributed by atoms with Crippen LogP contribution >= 0.6 is 0 Å². The van der Waals surface area contributed by atoms with Crippen LogP contribution in [0, 0.1) is 5.82 Å². The Hall–Kier alpha value is -2.17. The van der Waals surface area contributed by atoms with Crippen LogP contribution in [0.1, 0.15) is 30.8 Å². The van der Waals surface area contributed by atoms with Gasteiger partial charge in [-0.25, -0.2) is 9.37 Å². The summed E-state index contributed by atoms with van der Waals surface area (Å²) in [5.74, 6) is 0.107. The van der Waals surface area contributed by atoms with Crippen molar-refractivity contribution in [1.29, 1.82) is 0 Å². The number of rotatable bonds is 4. The van der Waals surface area contributed by atoms with E-state index in [1.54, 1.807) is 42.1 Å². The Kier molecular flexibility index (Phi) is 3.94. The molecule has 0 aliphatic carbocycles. The number of nitrogens with one attached hydrogen (secondary N) is 1. The van der Waals surface area contributed by atoms with Crippen LogP contribution in [0.15, 0.2) is 36.7 Å². The number of nitrogens with zero attached hydrogens (tertiary/aromatic N) is 2. The summed E-state index contributed by atoms with van der Waals surface area (Å²) in [5.41, 5.74) is 0.415. The molecule has 0 fully saturated rings. The predicted octanol–water partition coefficient (Wildman–Crippen LogP) is 2.17. The van der Waals surface area contributed by atoms with Gasteiger partial charge in [0.05, 0.1) is 0 Å². The van der Waals surface area contributed by atoms with Gasteiger partial charge in [0.25, 0.3) is 0 Å². The molecule has 0 saturated carbocycles. The Labute approximate surface area is 111 Å². The summed E-state index contributed by atoms with van der Waals surface area (Å²) < 4.78 is 15.7. The fourth-order valence-corrected chi connectivity index (χ4v) is 1.91. The van der Waals surface area contributed by atoms with Gasteiger partial charge in [0.15, 0.2) is 0 Å². The number of benzene rings is 1. The zero-order chi connectivity index (χ0) is 13.8. The van der Waals surface area contributed by atoms with Gasteiger partial charge in [-0.3, -0.25) is 4.79 Å². The third-order valence-electron chi connectivity index (χ3n) is 2.96. The molecule has 0 saturated heterocycles. The number of carbonyl (C=O) groups is 1. The van der Waals surface area contributed by atoms with Crippen molar-refractivity contribution < 1.29 is 9.18 Å². The first-order valence-electron chi connectivity index (χ1n) is 6.14. The SMILES string of the molecule is CCC(=O)NC(c1ccccc1F)c1nccn1C. The van der Waals surface area contributed by atoms with E-state index in [2.05, 4.69) is 10.3 Å². The Morgan fingerprint density at radius 2 is 2.21 bits per heavy atom. The maximum absolute atomic E-state index is 13.9. The molecule has 2 rings (SSSR count). The van der Waals surface area contributed by atoms with Crippen molar-refractivity contribution in [1.82, 2.24) is 14.9 Å². The van der Waals surface area contributed by atoms with Crippen LogP contribution in [0.4, 0.5) is 4.39 Å². The van der Waals surface area contributed by atoms with Crippen molar-refractivity contribution in [3.63, 3.8) is 0 Å². The van der Waals surface area contributed by atoms with Gasteiger partial charge in [-0.15, -0.1) is 0 Å². The largest absolute Gasteiger partial charge is 0.342 e. The summed E-state index contributed by atoms with van der Waals surface area (Å²) in [4.78, 5) is 15.8. The Morgan fingerprint density at radius 1 is 1.47 bits per heavy atom.